The second-order valence-electron chi connectivity index (χ2n) is 7.12. The number of carbonyl (C=O) groups excluding carboxylic acids is 1. The summed E-state index contributed by atoms with van der Waals surface area (Å²) in [6, 6.07) is 12.2. The Balaban J connectivity index is 1.89. The number of sulfonamides is 1. The number of amides is 1. The van der Waals surface area contributed by atoms with E-state index in [1.807, 2.05) is 0 Å². The van der Waals surface area contributed by atoms with Crippen LogP contribution in [0, 0.1) is 10.1 Å². The van der Waals surface area contributed by atoms with Crippen LogP contribution in [0.4, 0.5) is 11.4 Å². The molecule has 1 aliphatic carbocycles. The van der Waals surface area contributed by atoms with Crippen LogP contribution in [-0.2, 0) is 14.8 Å². The first-order valence-corrected chi connectivity index (χ1v) is 11.0. The van der Waals surface area contributed by atoms with E-state index in [0.29, 0.717) is 12.8 Å². The fourth-order valence-electron chi connectivity index (χ4n) is 3.44. The Morgan fingerprint density at radius 2 is 1.73 bits per heavy atom. The number of carbonyl (C=O) groups is 1. The molecule has 0 saturated heterocycles. The topological polar surface area (TPSA) is 130 Å². The maximum atomic E-state index is 13.2. The first-order valence-electron chi connectivity index (χ1n) is 9.59. The van der Waals surface area contributed by atoms with Crippen LogP contribution in [0.2, 0.25) is 0 Å². The lowest BCUT2D eigenvalue weighted by Crippen LogP contribution is -2.49. The molecule has 2 aromatic carbocycles. The number of aliphatic hydroxyl groups excluding tert-OH is 1. The summed E-state index contributed by atoms with van der Waals surface area (Å²) in [6.07, 6.45) is 2.29. The van der Waals surface area contributed by atoms with E-state index < -0.39 is 39.5 Å². The Hall–Kier alpha value is -2.98. The molecular formula is C20H23N3O6S. The first kappa shape index (κ1) is 21.7. The van der Waals surface area contributed by atoms with Crippen molar-refractivity contribution in [2.45, 2.75) is 42.7 Å². The Kier molecular flexibility index (Phi) is 6.68. The predicted octanol–water partition coefficient (Wildman–Crippen LogP) is 2.21. The fraction of sp³-hybridized carbons (Fsp3) is 0.350. The third-order valence-electron chi connectivity index (χ3n) is 5.04. The molecule has 0 aromatic heterocycles. The Labute approximate surface area is 174 Å². The highest BCUT2D eigenvalue weighted by Crippen LogP contribution is 2.26. The van der Waals surface area contributed by atoms with E-state index in [2.05, 4.69) is 5.32 Å². The molecule has 0 unspecified atom stereocenters. The molecule has 30 heavy (non-hydrogen) atoms. The van der Waals surface area contributed by atoms with Crippen LogP contribution in [0.3, 0.4) is 0 Å². The predicted molar refractivity (Wildman–Crippen MR) is 110 cm³/mol. The zero-order valence-corrected chi connectivity index (χ0v) is 17.0. The van der Waals surface area contributed by atoms with Crippen LogP contribution >= 0.6 is 0 Å². The minimum Gasteiger partial charge on any atom is -0.391 e. The molecule has 160 valence electrons. The maximum Gasteiger partial charge on any atom is 0.269 e. The molecule has 2 atom stereocenters. The third-order valence-corrected chi connectivity index (χ3v) is 6.83. The van der Waals surface area contributed by atoms with Gasteiger partial charge < -0.3 is 10.4 Å². The number of nitrogens with zero attached hydrogens (tertiary/aromatic N) is 2. The van der Waals surface area contributed by atoms with Gasteiger partial charge in [0.1, 0.15) is 6.54 Å². The Bertz CT molecular complexity index is 995. The van der Waals surface area contributed by atoms with Gasteiger partial charge in [0, 0.05) is 12.1 Å². The number of hydrogen-bond acceptors (Lipinski definition) is 6. The standard InChI is InChI=1S/C20H23N3O6S/c24-19-9-5-4-8-18(19)21-20(25)14-22(15-10-12-16(13-11-15)23(26)27)30(28,29)17-6-2-1-3-7-17/h1-3,6-7,10-13,18-19,24H,4-5,8-9,14H2,(H,21,25)/t18-,19+/m1/s1. The Morgan fingerprint density at radius 1 is 1.10 bits per heavy atom. The third kappa shape index (κ3) is 4.95. The van der Waals surface area contributed by atoms with Crippen LogP contribution in [0.25, 0.3) is 0 Å². The number of nitro benzene ring substituents is 1. The molecule has 0 heterocycles. The van der Waals surface area contributed by atoms with E-state index in [9.17, 15) is 28.4 Å². The van der Waals surface area contributed by atoms with Crippen molar-refractivity contribution >= 4 is 27.3 Å². The van der Waals surface area contributed by atoms with Gasteiger partial charge in [0.2, 0.25) is 5.91 Å². The van der Waals surface area contributed by atoms with Gasteiger partial charge in [-0.25, -0.2) is 8.42 Å². The van der Waals surface area contributed by atoms with Crippen molar-refractivity contribution in [3.05, 3.63) is 64.7 Å². The zero-order valence-electron chi connectivity index (χ0n) is 16.2. The minimum atomic E-state index is -4.10. The molecule has 0 bridgehead atoms. The van der Waals surface area contributed by atoms with Crippen molar-refractivity contribution in [2.24, 2.45) is 0 Å². The molecule has 2 N–H and O–H groups in total. The average Bonchev–Trinajstić information content (AvgIpc) is 2.74. The van der Waals surface area contributed by atoms with Crippen LogP contribution in [0.5, 0.6) is 0 Å². The molecule has 1 amide bonds. The molecule has 9 nitrogen and oxygen atoms in total. The number of hydrogen-bond donors (Lipinski definition) is 2. The van der Waals surface area contributed by atoms with Crippen LogP contribution in [0.1, 0.15) is 25.7 Å². The number of anilines is 1. The smallest absolute Gasteiger partial charge is 0.269 e. The summed E-state index contributed by atoms with van der Waals surface area (Å²) >= 11 is 0. The molecule has 1 aliphatic rings. The van der Waals surface area contributed by atoms with Crippen molar-refractivity contribution < 1.29 is 23.2 Å². The summed E-state index contributed by atoms with van der Waals surface area (Å²) in [5.74, 6) is -0.557. The van der Waals surface area contributed by atoms with E-state index in [4.69, 9.17) is 0 Å². The summed E-state index contributed by atoms with van der Waals surface area (Å²) in [6.45, 7) is -0.516. The van der Waals surface area contributed by atoms with Crippen molar-refractivity contribution in [1.29, 1.82) is 0 Å². The summed E-state index contributed by atoms with van der Waals surface area (Å²) in [5.41, 5.74) is -0.0608. The van der Waals surface area contributed by atoms with Gasteiger partial charge in [-0.2, -0.15) is 0 Å². The monoisotopic (exact) mass is 433 g/mol. The molecule has 3 rings (SSSR count). The molecule has 1 fully saturated rings. The molecule has 0 spiro atoms. The normalized spacial score (nSPS) is 19.1. The van der Waals surface area contributed by atoms with Crippen LogP contribution in [0.15, 0.2) is 59.5 Å². The van der Waals surface area contributed by atoms with Gasteiger partial charge >= 0.3 is 0 Å². The average molecular weight is 433 g/mol. The van der Waals surface area contributed by atoms with E-state index in [0.717, 1.165) is 17.1 Å². The number of nitrogens with one attached hydrogen (secondary N) is 1. The van der Waals surface area contributed by atoms with E-state index in [-0.39, 0.29) is 16.3 Å². The lowest BCUT2D eigenvalue weighted by molar-refractivity contribution is -0.384. The minimum absolute atomic E-state index is 0.00569. The van der Waals surface area contributed by atoms with Crippen molar-refractivity contribution in [1.82, 2.24) is 5.32 Å². The van der Waals surface area contributed by atoms with Gasteiger partial charge in [-0.05, 0) is 37.1 Å². The molecule has 10 heteroatoms. The van der Waals surface area contributed by atoms with Crippen molar-refractivity contribution in [3.63, 3.8) is 0 Å². The number of benzene rings is 2. The zero-order chi connectivity index (χ0) is 21.7. The largest absolute Gasteiger partial charge is 0.391 e. The second kappa shape index (κ2) is 9.23. The molecule has 2 aromatic rings. The van der Waals surface area contributed by atoms with Crippen molar-refractivity contribution in [2.75, 3.05) is 10.8 Å². The first-order chi connectivity index (χ1) is 14.3. The van der Waals surface area contributed by atoms with Gasteiger partial charge in [-0.1, -0.05) is 31.0 Å². The molecule has 1 saturated carbocycles. The summed E-state index contributed by atoms with van der Waals surface area (Å²) < 4.78 is 27.3. The SMILES string of the molecule is O=C(CN(c1ccc([N+](=O)[O-])cc1)S(=O)(=O)c1ccccc1)N[C@@H]1CCCC[C@@H]1O. The lowest BCUT2D eigenvalue weighted by Gasteiger charge is -2.30. The van der Waals surface area contributed by atoms with Crippen LogP contribution in [-0.4, -0.2) is 43.0 Å². The van der Waals surface area contributed by atoms with E-state index >= 15 is 0 Å². The lowest BCUT2D eigenvalue weighted by atomic mass is 9.92. The van der Waals surface area contributed by atoms with Gasteiger partial charge in [0.25, 0.3) is 15.7 Å². The quantitative estimate of drug-likeness (QED) is 0.509. The highest BCUT2D eigenvalue weighted by atomic mass is 32.2. The van der Waals surface area contributed by atoms with Crippen molar-refractivity contribution in [3.8, 4) is 0 Å². The fourth-order valence-corrected chi connectivity index (χ4v) is 4.88. The number of aliphatic hydroxyl groups is 1. The molecule has 0 aliphatic heterocycles. The number of nitro groups is 1. The van der Waals surface area contributed by atoms with E-state index in [1.54, 1.807) is 18.2 Å². The van der Waals surface area contributed by atoms with Crippen LogP contribution < -0.4 is 9.62 Å². The second-order valence-corrected chi connectivity index (χ2v) is 8.99. The highest BCUT2D eigenvalue weighted by molar-refractivity contribution is 7.92. The van der Waals surface area contributed by atoms with Gasteiger partial charge in [0.15, 0.2) is 0 Å². The Morgan fingerprint density at radius 3 is 2.33 bits per heavy atom. The molecule has 0 radical (unpaired) electrons. The van der Waals surface area contributed by atoms with Gasteiger partial charge in [0.05, 0.1) is 27.7 Å². The molecular weight excluding hydrogens is 410 g/mol. The number of rotatable bonds is 7. The van der Waals surface area contributed by atoms with Gasteiger partial charge in [-0.15, -0.1) is 0 Å². The maximum absolute atomic E-state index is 13.2. The summed E-state index contributed by atoms with van der Waals surface area (Å²) in [7, 11) is -4.10. The summed E-state index contributed by atoms with van der Waals surface area (Å²) in [4.78, 5) is 23.0. The highest BCUT2D eigenvalue weighted by Gasteiger charge is 2.30. The number of non-ortho nitro benzene ring substituents is 1. The van der Waals surface area contributed by atoms with E-state index in [1.165, 1.54) is 36.4 Å². The summed E-state index contributed by atoms with van der Waals surface area (Å²) in [5, 5.41) is 23.7. The van der Waals surface area contributed by atoms with Gasteiger partial charge in [-0.3, -0.25) is 19.2 Å².